The molecule has 0 aromatic carbocycles. The number of hydrogen-bond acceptors (Lipinski definition) is 7. The molecule has 2 aromatic heterocycles. The number of aliphatic hydroxyl groups excluding tert-OH is 1. The average molecular weight is 449 g/mol. The van der Waals surface area contributed by atoms with E-state index in [1.165, 1.54) is 30.6 Å². The van der Waals surface area contributed by atoms with E-state index >= 15 is 0 Å². The maximum Gasteiger partial charge on any atom is 0.311 e. The number of ether oxygens (including phenoxy) is 1. The Morgan fingerprint density at radius 1 is 1.36 bits per heavy atom. The predicted octanol–water partition coefficient (Wildman–Crippen LogP) is 0.378. The van der Waals surface area contributed by atoms with Gasteiger partial charge in [-0.3, -0.25) is 19.4 Å². The molecule has 1 saturated heterocycles. The van der Waals surface area contributed by atoms with Crippen molar-refractivity contribution in [2.45, 2.75) is 18.6 Å². The fourth-order valence-electron chi connectivity index (χ4n) is 4.30. The molecule has 28 heavy (non-hydrogen) atoms. The van der Waals surface area contributed by atoms with Gasteiger partial charge in [0.2, 0.25) is 0 Å². The second-order valence-corrected chi connectivity index (χ2v) is 7.59. The number of rotatable bonds is 3. The van der Waals surface area contributed by atoms with E-state index in [4.69, 9.17) is 4.74 Å². The molecular formula is C18H17BrN4O5. The van der Waals surface area contributed by atoms with E-state index in [0.717, 1.165) is 0 Å². The first-order valence-electron chi connectivity index (χ1n) is 8.66. The molecule has 1 fully saturated rings. The van der Waals surface area contributed by atoms with Crippen LogP contribution in [0.3, 0.4) is 0 Å². The van der Waals surface area contributed by atoms with Crippen molar-refractivity contribution in [1.82, 2.24) is 19.4 Å². The van der Waals surface area contributed by atoms with Crippen LogP contribution in [-0.2, 0) is 16.1 Å². The summed E-state index contributed by atoms with van der Waals surface area (Å²) in [7, 11) is 1.27. The third-order valence-corrected chi connectivity index (χ3v) is 6.09. The van der Waals surface area contributed by atoms with Crippen LogP contribution in [0.4, 0.5) is 0 Å². The highest BCUT2D eigenvalue weighted by atomic mass is 79.9. The van der Waals surface area contributed by atoms with Crippen LogP contribution in [0.5, 0.6) is 0 Å². The standard InChI is InChI=1S/C18H17BrN4O5/c1-28-18(27)14-9(8-24)13-7-22-12(3-2-10(19)16(22)25)15(14)23(13)17(26)11-6-20-4-5-21-11/h2-6,9,13-15,24H,7-8H2,1H3/t9-,13-,14+,15+/m0/s1. The highest BCUT2D eigenvalue weighted by Gasteiger charge is 2.58. The molecule has 2 aromatic rings. The van der Waals surface area contributed by atoms with E-state index < -0.39 is 35.8 Å². The number of aliphatic hydroxyl groups is 1. The molecule has 146 valence electrons. The summed E-state index contributed by atoms with van der Waals surface area (Å²) in [6, 6.07) is 1.99. The molecule has 0 saturated carbocycles. The molecule has 4 rings (SSSR count). The van der Waals surface area contributed by atoms with Crippen LogP contribution < -0.4 is 5.56 Å². The molecule has 10 heteroatoms. The summed E-state index contributed by atoms with van der Waals surface area (Å²) < 4.78 is 6.90. The van der Waals surface area contributed by atoms with Gasteiger partial charge in [0.1, 0.15) is 5.69 Å². The van der Waals surface area contributed by atoms with E-state index in [1.807, 2.05) is 0 Å². The molecule has 1 amide bonds. The van der Waals surface area contributed by atoms with Crippen molar-refractivity contribution in [2.24, 2.45) is 11.8 Å². The minimum Gasteiger partial charge on any atom is -0.469 e. The quantitative estimate of drug-likeness (QED) is 0.674. The van der Waals surface area contributed by atoms with Crippen molar-refractivity contribution >= 4 is 27.8 Å². The Labute approximate surface area is 168 Å². The first-order chi connectivity index (χ1) is 13.5. The Hall–Kier alpha value is -2.59. The van der Waals surface area contributed by atoms with Gasteiger partial charge >= 0.3 is 5.97 Å². The van der Waals surface area contributed by atoms with Gasteiger partial charge in [0.05, 0.1) is 35.8 Å². The van der Waals surface area contributed by atoms with E-state index in [0.29, 0.717) is 10.2 Å². The Balaban J connectivity index is 1.90. The van der Waals surface area contributed by atoms with E-state index in [-0.39, 0.29) is 24.4 Å². The molecule has 9 nitrogen and oxygen atoms in total. The number of fused-ring (bicyclic) bond motifs is 4. The molecule has 2 bridgehead atoms. The van der Waals surface area contributed by atoms with Crippen LogP contribution in [0.2, 0.25) is 0 Å². The van der Waals surface area contributed by atoms with Crippen LogP contribution in [0.15, 0.2) is 40.0 Å². The highest BCUT2D eigenvalue weighted by molar-refractivity contribution is 9.10. The fourth-order valence-corrected chi connectivity index (χ4v) is 4.65. The van der Waals surface area contributed by atoms with Crippen molar-refractivity contribution in [3.8, 4) is 0 Å². The Morgan fingerprint density at radius 2 is 2.14 bits per heavy atom. The number of esters is 1. The largest absolute Gasteiger partial charge is 0.469 e. The number of hydrogen-bond donors (Lipinski definition) is 1. The summed E-state index contributed by atoms with van der Waals surface area (Å²) in [4.78, 5) is 48.0. The lowest BCUT2D eigenvalue weighted by Gasteiger charge is -2.37. The van der Waals surface area contributed by atoms with Crippen molar-refractivity contribution in [3.63, 3.8) is 0 Å². The first-order valence-corrected chi connectivity index (χ1v) is 9.45. The SMILES string of the molecule is COC(=O)[C@@H]1[C@@H](CO)[C@@H]2Cn3c(ccc(Br)c3=O)[C@H]1N2C(=O)c1cnccn1. The number of methoxy groups -OCH3 is 1. The first kappa shape index (κ1) is 18.8. The van der Waals surface area contributed by atoms with E-state index in [1.54, 1.807) is 16.7 Å². The molecule has 1 N–H and O–H groups in total. The van der Waals surface area contributed by atoms with Crippen LogP contribution in [0, 0.1) is 11.8 Å². The minimum absolute atomic E-state index is 0.132. The number of carbonyl (C=O) groups excluding carboxylic acids is 2. The van der Waals surface area contributed by atoms with E-state index in [2.05, 4.69) is 25.9 Å². The Bertz CT molecular complexity index is 995. The molecule has 0 unspecified atom stereocenters. The number of nitrogens with zero attached hydrogens (tertiary/aromatic N) is 4. The molecule has 0 aliphatic carbocycles. The zero-order valence-electron chi connectivity index (χ0n) is 14.9. The van der Waals surface area contributed by atoms with Gasteiger partial charge in [-0.1, -0.05) is 0 Å². The zero-order chi connectivity index (χ0) is 20.0. The molecule has 4 heterocycles. The van der Waals surface area contributed by atoms with Crippen molar-refractivity contribution in [2.75, 3.05) is 13.7 Å². The summed E-state index contributed by atoms with van der Waals surface area (Å²) in [6.07, 6.45) is 4.23. The van der Waals surface area contributed by atoms with Gasteiger partial charge in [0.15, 0.2) is 0 Å². The average Bonchev–Trinajstić information content (AvgIpc) is 2.97. The number of amides is 1. The van der Waals surface area contributed by atoms with Gasteiger partial charge in [-0.2, -0.15) is 0 Å². The maximum absolute atomic E-state index is 13.2. The normalized spacial score (nSPS) is 25.3. The van der Waals surface area contributed by atoms with Gasteiger partial charge in [-0.15, -0.1) is 0 Å². The van der Waals surface area contributed by atoms with Crippen LogP contribution in [0.1, 0.15) is 22.2 Å². The summed E-state index contributed by atoms with van der Waals surface area (Å²) >= 11 is 3.23. The topological polar surface area (TPSA) is 115 Å². The van der Waals surface area contributed by atoms with Gasteiger partial charge in [-0.25, -0.2) is 4.98 Å². The smallest absolute Gasteiger partial charge is 0.311 e. The van der Waals surface area contributed by atoms with Crippen molar-refractivity contribution in [1.29, 1.82) is 0 Å². The lowest BCUT2D eigenvalue weighted by molar-refractivity contribution is -0.148. The third kappa shape index (κ3) is 2.67. The molecule has 0 radical (unpaired) electrons. The summed E-state index contributed by atoms with van der Waals surface area (Å²) in [5, 5.41) is 10.0. The van der Waals surface area contributed by atoms with Gasteiger partial charge < -0.3 is 19.3 Å². The molecular weight excluding hydrogens is 432 g/mol. The minimum atomic E-state index is -0.796. The number of halogens is 1. The maximum atomic E-state index is 13.2. The Morgan fingerprint density at radius 3 is 2.79 bits per heavy atom. The van der Waals surface area contributed by atoms with Gasteiger partial charge in [0.25, 0.3) is 11.5 Å². The van der Waals surface area contributed by atoms with Crippen LogP contribution in [0.25, 0.3) is 0 Å². The van der Waals surface area contributed by atoms with Gasteiger partial charge in [-0.05, 0) is 28.1 Å². The second-order valence-electron chi connectivity index (χ2n) is 6.73. The third-order valence-electron chi connectivity index (χ3n) is 5.49. The molecule has 0 spiro atoms. The zero-order valence-corrected chi connectivity index (χ0v) is 16.4. The van der Waals surface area contributed by atoms with Crippen molar-refractivity contribution < 1.29 is 19.4 Å². The summed E-state index contributed by atoms with van der Waals surface area (Å²) in [6.45, 7) is -0.163. The monoisotopic (exact) mass is 448 g/mol. The molecule has 2 aliphatic heterocycles. The summed E-state index contributed by atoms with van der Waals surface area (Å²) in [5.74, 6) is -2.31. The van der Waals surface area contributed by atoms with Crippen LogP contribution in [-0.4, -0.2) is 56.2 Å². The molecule has 4 atom stereocenters. The number of pyridine rings is 1. The van der Waals surface area contributed by atoms with E-state index in [9.17, 15) is 19.5 Å². The van der Waals surface area contributed by atoms with Gasteiger partial charge in [0, 0.05) is 37.2 Å². The number of aromatic nitrogens is 3. The second kappa shape index (κ2) is 7.10. The fraction of sp³-hybridized carbons (Fsp3) is 0.389. The predicted molar refractivity (Wildman–Crippen MR) is 99.2 cm³/mol. The lowest BCUT2D eigenvalue weighted by Crippen LogP contribution is -2.49. The highest BCUT2D eigenvalue weighted by Crippen LogP contribution is 2.49. The molecule has 2 aliphatic rings. The van der Waals surface area contributed by atoms with Crippen LogP contribution >= 0.6 is 15.9 Å². The summed E-state index contributed by atoms with van der Waals surface area (Å²) in [5.41, 5.74) is 0.405. The number of carbonyl (C=O) groups is 2. The lowest BCUT2D eigenvalue weighted by atomic mass is 9.87. The van der Waals surface area contributed by atoms with Crippen molar-refractivity contribution in [3.05, 3.63) is 56.9 Å². The Kier molecular flexibility index (Phi) is 4.76.